The molecule has 3 fully saturated rings. The predicted octanol–water partition coefficient (Wildman–Crippen LogP) is -6.55. The van der Waals surface area contributed by atoms with E-state index >= 15 is 0 Å². The Labute approximate surface area is 187 Å². The lowest BCUT2D eigenvalue weighted by molar-refractivity contribution is -0.386. The van der Waals surface area contributed by atoms with Gasteiger partial charge in [0.1, 0.15) is 67.1 Å². The van der Waals surface area contributed by atoms with Gasteiger partial charge in [0, 0.05) is 0 Å². The van der Waals surface area contributed by atoms with Crippen LogP contribution in [0.25, 0.3) is 0 Å². The third-order valence-electron chi connectivity index (χ3n) is 6.06. The highest BCUT2D eigenvalue weighted by Crippen LogP contribution is 2.32. The molecule has 0 saturated carbocycles. The van der Waals surface area contributed by atoms with E-state index in [1.165, 1.54) is 6.92 Å². The van der Waals surface area contributed by atoms with Crippen molar-refractivity contribution in [1.29, 1.82) is 0 Å². The van der Waals surface area contributed by atoms with Crippen LogP contribution >= 0.6 is 0 Å². The van der Waals surface area contributed by atoms with Gasteiger partial charge in [0.25, 0.3) is 0 Å². The molecule has 0 aromatic heterocycles. The molecule has 0 amide bonds. The van der Waals surface area contributed by atoms with E-state index < -0.39 is 105 Å². The molecule has 0 aromatic rings. The van der Waals surface area contributed by atoms with Crippen molar-refractivity contribution in [3.05, 3.63) is 0 Å². The summed E-state index contributed by atoms with van der Waals surface area (Å²) in [6.45, 7) is -0.115. The van der Waals surface area contributed by atoms with E-state index in [1.807, 2.05) is 0 Å². The van der Waals surface area contributed by atoms with Crippen molar-refractivity contribution < 1.29 is 74.7 Å². The van der Waals surface area contributed by atoms with Crippen LogP contribution < -0.4 is 0 Å². The Morgan fingerprint density at radius 3 is 1.61 bits per heavy atom. The van der Waals surface area contributed by atoms with Gasteiger partial charge in [0.05, 0.1) is 19.3 Å². The molecule has 3 rings (SSSR count). The van der Waals surface area contributed by atoms with Crippen LogP contribution in [0.15, 0.2) is 0 Å². The minimum atomic E-state index is -1.88. The second kappa shape index (κ2) is 11.0. The Morgan fingerprint density at radius 2 is 1.03 bits per heavy atom. The number of aliphatic hydroxyl groups is 10. The van der Waals surface area contributed by atoms with Gasteiger partial charge in [-0.1, -0.05) is 0 Å². The Hall–Kier alpha value is -0.600. The molecule has 1 unspecified atom stereocenters. The third-order valence-corrected chi connectivity index (χ3v) is 6.06. The van der Waals surface area contributed by atoms with Crippen LogP contribution in [0.3, 0.4) is 0 Å². The van der Waals surface area contributed by atoms with Crippen molar-refractivity contribution in [3.8, 4) is 0 Å². The van der Waals surface area contributed by atoms with E-state index in [-0.39, 0.29) is 0 Å². The Kier molecular flexibility index (Phi) is 8.99. The van der Waals surface area contributed by atoms with Crippen molar-refractivity contribution in [3.63, 3.8) is 0 Å². The van der Waals surface area contributed by atoms with Gasteiger partial charge in [-0.15, -0.1) is 0 Å². The first-order valence-corrected chi connectivity index (χ1v) is 10.4. The van der Waals surface area contributed by atoms with Crippen LogP contribution in [0.2, 0.25) is 0 Å². The van der Waals surface area contributed by atoms with Crippen LogP contribution in [0.1, 0.15) is 6.92 Å². The average Bonchev–Trinajstić information content (AvgIpc) is 2.79. The molecule has 0 aliphatic carbocycles. The predicted molar refractivity (Wildman–Crippen MR) is 99.8 cm³/mol. The number of hydrogen-bond acceptors (Lipinski definition) is 15. The minimum Gasteiger partial charge on any atom is -0.394 e. The second-order valence-electron chi connectivity index (χ2n) is 8.32. The zero-order chi connectivity index (χ0) is 24.6. The highest BCUT2D eigenvalue weighted by atomic mass is 16.8. The molecule has 3 aliphatic rings. The molecule has 0 aromatic carbocycles. The van der Waals surface area contributed by atoms with Crippen LogP contribution in [-0.4, -0.2) is 156 Å². The number of aliphatic hydroxyl groups excluding tert-OH is 10. The van der Waals surface area contributed by atoms with E-state index in [2.05, 4.69) is 0 Å². The molecule has 10 N–H and O–H groups in total. The van der Waals surface area contributed by atoms with Gasteiger partial charge >= 0.3 is 0 Å². The first kappa shape index (κ1) is 27.0. The molecule has 15 heteroatoms. The number of ether oxygens (including phenoxy) is 5. The molecular formula is C18H32O15. The summed E-state index contributed by atoms with van der Waals surface area (Å²) < 4.78 is 26.7. The molecule has 33 heavy (non-hydrogen) atoms. The summed E-state index contributed by atoms with van der Waals surface area (Å²) in [5.74, 6) is 0. The summed E-state index contributed by atoms with van der Waals surface area (Å²) >= 11 is 0. The SMILES string of the molecule is C[C@@H]1O[C@@H](O[C@@H]2C(O)O[C@H](CO)[C@@H](O)[C@@H]2O[C@H]2O[C@H](CO)[C@@H](O)[C@H](O)[C@H]2O)[C@H](O)[C@H](O)[C@H]1O. The highest BCUT2D eigenvalue weighted by molar-refractivity contribution is 4.96. The van der Waals surface area contributed by atoms with Gasteiger partial charge < -0.3 is 74.7 Å². The van der Waals surface area contributed by atoms with E-state index in [1.54, 1.807) is 0 Å². The van der Waals surface area contributed by atoms with Crippen molar-refractivity contribution in [1.82, 2.24) is 0 Å². The molecule has 15 atom stereocenters. The van der Waals surface area contributed by atoms with Crippen LogP contribution in [0, 0.1) is 0 Å². The maximum atomic E-state index is 10.6. The van der Waals surface area contributed by atoms with Gasteiger partial charge in [0.15, 0.2) is 18.9 Å². The first-order chi connectivity index (χ1) is 15.5. The van der Waals surface area contributed by atoms with Gasteiger partial charge in [-0.05, 0) is 6.92 Å². The summed E-state index contributed by atoms with van der Waals surface area (Å²) in [5, 5.41) is 100.0. The summed E-state index contributed by atoms with van der Waals surface area (Å²) in [6.07, 6.45) is -24.1. The lowest BCUT2D eigenvalue weighted by Crippen LogP contribution is -2.66. The van der Waals surface area contributed by atoms with Crippen molar-refractivity contribution in [2.45, 2.75) is 99.0 Å². The Balaban J connectivity index is 1.82. The first-order valence-electron chi connectivity index (χ1n) is 10.4. The van der Waals surface area contributed by atoms with Crippen molar-refractivity contribution >= 4 is 0 Å². The molecule has 0 spiro atoms. The standard InChI is InChI=1S/C18H32O15/c1-4-7(21)10(24)12(26)17(29-4)33-15-14(9(23)6(3-20)30-16(15)28)32-18-13(27)11(25)8(22)5(2-19)31-18/h4-28H,2-3H2,1H3/t4-,5+,6+,7-,8+,9+,10+,11-,12+,13+,14-,15-,16?,17-,18+/m0/s1. The van der Waals surface area contributed by atoms with E-state index in [0.29, 0.717) is 0 Å². The molecule has 3 aliphatic heterocycles. The zero-order valence-electron chi connectivity index (χ0n) is 17.6. The quantitative estimate of drug-likeness (QED) is 0.167. The van der Waals surface area contributed by atoms with E-state index in [9.17, 15) is 51.1 Å². The number of rotatable bonds is 6. The van der Waals surface area contributed by atoms with Crippen LogP contribution in [0.5, 0.6) is 0 Å². The Bertz CT molecular complexity index is 624. The van der Waals surface area contributed by atoms with Gasteiger partial charge in [0.2, 0.25) is 0 Å². The smallest absolute Gasteiger partial charge is 0.187 e. The van der Waals surface area contributed by atoms with Crippen molar-refractivity contribution in [2.24, 2.45) is 0 Å². The fourth-order valence-electron chi connectivity index (χ4n) is 3.97. The molecule has 194 valence electrons. The summed E-state index contributed by atoms with van der Waals surface area (Å²) in [7, 11) is 0. The second-order valence-corrected chi connectivity index (χ2v) is 8.32. The third kappa shape index (κ3) is 5.32. The normalized spacial score (nSPS) is 53.7. The van der Waals surface area contributed by atoms with Crippen LogP contribution in [-0.2, 0) is 23.7 Å². The largest absolute Gasteiger partial charge is 0.394 e. The maximum Gasteiger partial charge on any atom is 0.187 e. The van der Waals surface area contributed by atoms with Crippen molar-refractivity contribution in [2.75, 3.05) is 13.2 Å². The molecular weight excluding hydrogens is 456 g/mol. The lowest BCUT2D eigenvalue weighted by Gasteiger charge is -2.48. The zero-order valence-corrected chi connectivity index (χ0v) is 17.6. The summed E-state index contributed by atoms with van der Waals surface area (Å²) in [4.78, 5) is 0. The van der Waals surface area contributed by atoms with Gasteiger partial charge in [-0.3, -0.25) is 0 Å². The fourth-order valence-corrected chi connectivity index (χ4v) is 3.97. The van der Waals surface area contributed by atoms with E-state index in [4.69, 9.17) is 23.7 Å². The lowest BCUT2D eigenvalue weighted by atomic mass is 9.96. The highest BCUT2D eigenvalue weighted by Gasteiger charge is 2.53. The van der Waals surface area contributed by atoms with Gasteiger partial charge in [-0.2, -0.15) is 0 Å². The number of hydrogen-bond donors (Lipinski definition) is 10. The van der Waals surface area contributed by atoms with Gasteiger partial charge in [-0.25, -0.2) is 0 Å². The molecule has 3 heterocycles. The topological polar surface area (TPSA) is 248 Å². The fraction of sp³-hybridized carbons (Fsp3) is 1.00. The van der Waals surface area contributed by atoms with E-state index in [0.717, 1.165) is 0 Å². The monoisotopic (exact) mass is 488 g/mol. The average molecular weight is 488 g/mol. The summed E-state index contributed by atoms with van der Waals surface area (Å²) in [6, 6.07) is 0. The molecule has 0 bridgehead atoms. The molecule has 0 radical (unpaired) electrons. The molecule has 3 saturated heterocycles. The minimum absolute atomic E-state index is 0.747. The van der Waals surface area contributed by atoms with Crippen LogP contribution in [0.4, 0.5) is 0 Å². The summed E-state index contributed by atoms with van der Waals surface area (Å²) in [5.41, 5.74) is 0. The maximum absolute atomic E-state index is 10.6. The Morgan fingerprint density at radius 1 is 0.545 bits per heavy atom. The molecule has 15 nitrogen and oxygen atoms in total.